The zero-order valence-electron chi connectivity index (χ0n) is 12.7. The lowest BCUT2D eigenvalue weighted by atomic mass is 10.0. The minimum Gasteiger partial charge on any atom is -0.504 e. The first-order chi connectivity index (χ1) is 12.0. The SMILES string of the molecule is NC(=O)c1cc(O)c(O)c(O)c1-c1nc2c(ccc3cccnc32)[nH]1. The molecule has 0 spiro atoms. The van der Waals surface area contributed by atoms with Crippen molar-refractivity contribution in [1.82, 2.24) is 15.0 Å². The Kier molecular flexibility index (Phi) is 3.01. The van der Waals surface area contributed by atoms with Crippen LogP contribution in [0.4, 0.5) is 0 Å². The minimum absolute atomic E-state index is 0.0944. The van der Waals surface area contributed by atoms with Gasteiger partial charge in [-0.25, -0.2) is 4.98 Å². The van der Waals surface area contributed by atoms with Crippen LogP contribution in [0.2, 0.25) is 0 Å². The molecule has 2 aromatic carbocycles. The molecule has 0 bridgehead atoms. The van der Waals surface area contributed by atoms with E-state index < -0.39 is 23.2 Å². The molecule has 0 fully saturated rings. The number of amides is 1. The van der Waals surface area contributed by atoms with Crippen molar-refractivity contribution in [3.05, 3.63) is 42.1 Å². The second kappa shape index (κ2) is 5.10. The fourth-order valence-electron chi connectivity index (χ4n) is 2.81. The number of phenols is 3. The van der Waals surface area contributed by atoms with E-state index in [0.29, 0.717) is 16.6 Å². The van der Waals surface area contributed by atoms with Gasteiger partial charge in [-0.05, 0) is 18.2 Å². The summed E-state index contributed by atoms with van der Waals surface area (Å²) in [4.78, 5) is 23.4. The number of aromatic hydroxyl groups is 3. The minimum atomic E-state index is -0.885. The zero-order valence-corrected chi connectivity index (χ0v) is 12.7. The number of aromatic nitrogens is 3. The Bertz CT molecular complexity index is 1170. The normalized spacial score (nSPS) is 11.2. The van der Waals surface area contributed by atoms with E-state index in [0.717, 1.165) is 11.5 Å². The third-order valence-electron chi connectivity index (χ3n) is 3.98. The average Bonchev–Trinajstić information content (AvgIpc) is 3.03. The Morgan fingerprint density at radius 1 is 1.08 bits per heavy atom. The van der Waals surface area contributed by atoms with Crippen molar-refractivity contribution in [3.8, 4) is 28.6 Å². The van der Waals surface area contributed by atoms with E-state index in [9.17, 15) is 20.1 Å². The standard InChI is InChI=1S/C17H12N4O4/c18-16(25)8-6-10(22)14(23)15(24)11(8)17-20-9-4-3-7-2-1-5-19-12(7)13(9)21-17/h1-6,22-24H,(H2,18,25)(H,20,21). The number of benzene rings is 2. The molecule has 0 unspecified atom stereocenters. The highest BCUT2D eigenvalue weighted by atomic mass is 16.3. The number of carbonyl (C=O) groups is 1. The number of nitrogens with two attached hydrogens (primary N) is 1. The third kappa shape index (κ3) is 2.12. The zero-order chi connectivity index (χ0) is 17.7. The predicted octanol–water partition coefficient (Wildman–Crippen LogP) is 1.99. The number of rotatable bonds is 2. The van der Waals surface area contributed by atoms with Crippen LogP contribution < -0.4 is 5.73 Å². The largest absolute Gasteiger partial charge is 0.504 e. The molecule has 4 rings (SSSR count). The van der Waals surface area contributed by atoms with E-state index in [1.165, 1.54) is 0 Å². The summed E-state index contributed by atoms with van der Waals surface area (Å²) >= 11 is 0. The van der Waals surface area contributed by atoms with Crippen LogP contribution in [0.25, 0.3) is 33.3 Å². The number of nitrogens with one attached hydrogen (secondary N) is 1. The Balaban J connectivity index is 2.07. The second-order valence-corrected chi connectivity index (χ2v) is 5.50. The number of phenolic OH excluding ortho intramolecular Hbond substituents is 3. The molecule has 8 heteroatoms. The molecular formula is C17H12N4O4. The van der Waals surface area contributed by atoms with Crippen molar-refractivity contribution >= 4 is 27.8 Å². The first-order valence-corrected chi connectivity index (χ1v) is 7.29. The van der Waals surface area contributed by atoms with Gasteiger partial charge in [-0.2, -0.15) is 0 Å². The van der Waals surface area contributed by atoms with Gasteiger partial charge in [0.1, 0.15) is 11.3 Å². The van der Waals surface area contributed by atoms with Crippen LogP contribution >= 0.6 is 0 Å². The van der Waals surface area contributed by atoms with Gasteiger partial charge >= 0.3 is 0 Å². The van der Waals surface area contributed by atoms with Crippen LogP contribution in [0.5, 0.6) is 17.2 Å². The molecule has 0 saturated heterocycles. The average molecular weight is 336 g/mol. The third-order valence-corrected chi connectivity index (χ3v) is 3.98. The molecule has 8 nitrogen and oxygen atoms in total. The number of imidazole rings is 1. The van der Waals surface area contributed by atoms with Crippen molar-refractivity contribution in [3.63, 3.8) is 0 Å². The summed E-state index contributed by atoms with van der Waals surface area (Å²) in [6, 6.07) is 8.31. The van der Waals surface area contributed by atoms with E-state index >= 15 is 0 Å². The van der Waals surface area contributed by atoms with Crippen LogP contribution in [0.3, 0.4) is 0 Å². The molecule has 0 aliphatic carbocycles. The molecule has 124 valence electrons. The summed E-state index contributed by atoms with van der Waals surface area (Å²) in [5.41, 5.74) is 6.87. The number of hydrogen-bond acceptors (Lipinski definition) is 6. The topological polar surface area (TPSA) is 145 Å². The molecule has 4 aromatic rings. The van der Waals surface area contributed by atoms with E-state index in [1.807, 2.05) is 12.1 Å². The molecule has 0 aliphatic rings. The highest BCUT2D eigenvalue weighted by Crippen LogP contribution is 2.44. The quantitative estimate of drug-likeness (QED) is 0.354. The molecule has 1 amide bonds. The Morgan fingerprint density at radius 2 is 1.88 bits per heavy atom. The van der Waals surface area contributed by atoms with Gasteiger partial charge in [0.2, 0.25) is 11.7 Å². The Hall–Kier alpha value is -3.81. The lowest BCUT2D eigenvalue weighted by molar-refractivity contribution is 0.1000. The van der Waals surface area contributed by atoms with Crippen molar-refractivity contribution in [1.29, 1.82) is 0 Å². The van der Waals surface area contributed by atoms with Gasteiger partial charge in [-0.1, -0.05) is 12.1 Å². The van der Waals surface area contributed by atoms with Gasteiger partial charge in [-0.15, -0.1) is 0 Å². The van der Waals surface area contributed by atoms with Gasteiger partial charge in [0.05, 0.1) is 22.2 Å². The summed E-state index contributed by atoms with van der Waals surface area (Å²) in [6.45, 7) is 0. The van der Waals surface area contributed by atoms with Crippen molar-refractivity contribution in [2.45, 2.75) is 0 Å². The van der Waals surface area contributed by atoms with Crippen molar-refractivity contribution < 1.29 is 20.1 Å². The van der Waals surface area contributed by atoms with Crippen LogP contribution in [0, 0.1) is 0 Å². The molecule has 0 radical (unpaired) electrons. The fraction of sp³-hybridized carbons (Fsp3) is 0. The first kappa shape index (κ1) is 14.8. The van der Waals surface area contributed by atoms with E-state index in [2.05, 4.69) is 15.0 Å². The predicted molar refractivity (Wildman–Crippen MR) is 90.3 cm³/mol. The van der Waals surface area contributed by atoms with Gasteiger partial charge in [0, 0.05) is 11.6 Å². The fourth-order valence-corrected chi connectivity index (χ4v) is 2.81. The summed E-state index contributed by atoms with van der Waals surface area (Å²) in [7, 11) is 0. The Labute approximate surface area is 140 Å². The summed E-state index contributed by atoms with van der Waals surface area (Å²) < 4.78 is 0. The molecule has 2 heterocycles. The number of pyridine rings is 1. The van der Waals surface area contributed by atoms with Crippen LogP contribution in [0.15, 0.2) is 36.5 Å². The number of carbonyl (C=O) groups excluding carboxylic acids is 1. The maximum absolute atomic E-state index is 11.7. The maximum Gasteiger partial charge on any atom is 0.249 e. The number of H-pyrrole nitrogens is 1. The summed E-state index contributed by atoms with van der Waals surface area (Å²) in [5.74, 6) is -2.87. The number of aromatic amines is 1. The number of fused-ring (bicyclic) bond motifs is 3. The monoisotopic (exact) mass is 336 g/mol. The number of nitrogens with zero attached hydrogens (tertiary/aromatic N) is 2. The van der Waals surface area contributed by atoms with E-state index in [4.69, 9.17) is 5.73 Å². The van der Waals surface area contributed by atoms with Gasteiger partial charge < -0.3 is 26.0 Å². The van der Waals surface area contributed by atoms with Crippen LogP contribution in [-0.2, 0) is 0 Å². The van der Waals surface area contributed by atoms with Crippen molar-refractivity contribution in [2.75, 3.05) is 0 Å². The molecule has 0 saturated carbocycles. The summed E-state index contributed by atoms with van der Waals surface area (Å²) in [6.07, 6.45) is 1.63. The molecule has 2 aromatic heterocycles. The molecule has 6 N–H and O–H groups in total. The summed E-state index contributed by atoms with van der Waals surface area (Å²) in [5, 5.41) is 30.5. The smallest absolute Gasteiger partial charge is 0.249 e. The first-order valence-electron chi connectivity index (χ1n) is 7.29. The highest BCUT2D eigenvalue weighted by molar-refractivity contribution is 6.05. The highest BCUT2D eigenvalue weighted by Gasteiger charge is 2.24. The van der Waals surface area contributed by atoms with E-state index in [-0.39, 0.29) is 17.0 Å². The van der Waals surface area contributed by atoms with Crippen LogP contribution in [0.1, 0.15) is 10.4 Å². The maximum atomic E-state index is 11.7. The number of primary amides is 1. The van der Waals surface area contributed by atoms with Gasteiger partial charge in [0.25, 0.3) is 0 Å². The lowest BCUT2D eigenvalue weighted by Crippen LogP contribution is -2.12. The van der Waals surface area contributed by atoms with Crippen molar-refractivity contribution in [2.24, 2.45) is 5.73 Å². The second-order valence-electron chi connectivity index (χ2n) is 5.50. The van der Waals surface area contributed by atoms with E-state index in [1.54, 1.807) is 18.3 Å². The van der Waals surface area contributed by atoms with Gasteiger partial charge in [0.15, 0.2) is 11.5 Å². The van der Waals surface area contributed by atoms with Crippen LogP contribution in [-0.4, -0.2) is 36.2 Å². The lowest BCUT2D eigenvalue weighted by Gasteiger charge is -2.09. The molecule has 0 aliphatic heterocycles. The molecule has 0 atom stereocenters. The molecule has 25 heavy (non-hydrogen) atoms. The van der Waals surface area contributed by atoms with Gasteiger partial charge in [-0.3, -0.25) is 9.78 Å². The molecular weight excluding hydrogens is 324 g/mol. The Morgan fingerprint density at radius 3 is 2.64 bits per heavy atom. The number of hydrogen-bond donors (Lipinski definition) is 5.